The maximum Gasteiger partial charge on any atom is 0.276 e. The maximum atomic E-state index is 13.3. The average Bonchev–Trinajstić information content (AvgIpc) is 3.03. The van der Waals surface area contributed by atoms with Crippen molar-refractivity contribution >= 4 is 23.4 Å². The standard InChI is InChI=1S/C18H24N4OS/c1-20-11-8-14(9-12-20)22(15-5-4-6-16(13-15)24-3)18(23)17-7-10-19-21(17)2/h4-7,10,13-14H,8-9,11-12H2,1-3H3. The van der Waals surface area contributed by atoms with Gasteiger partial charge in [-0.3, -0.25) is 9.48 Å². The summed E-state index contributed by atoms with van der Waals surface area (Å²) in [5.41, 5.74) is 1.60. The number of nitrogens with zero attached hydrogens (tertiary/aromatic N) is 4. The van der Waals surface area contributed by atoms with E-state index in [4.69, 9.17) is 0 Å². The number of anilines is 1. The minimum absolute atomic E-state index is 0.0304. The fraction of sp³-hybridized carbons (Fsp3) is 0.444. The van der Waals surface area contributed by atoms with Gasteiger partial charge in [0, 0.05) is 29.9 Å². The highest BCUT2D eigenvalue weighted by molar-refractivity contribution is 7.98. The van der Waals surface area contributed by atoms with Crippen molar-refractivity contribution in [3.8, 4) is 0 Å². The van der Waals surface area contributed by atoms with Crippen LogP contribution >= 0.6 is 11.8 Å². The Labute approximate surface area is 147 Å². The van der Waals surface area contributed by atoms with Crippen LogP contribution < -0.4 is 4.90 Å². The van der Waals surface area contributed by atoms with Crippen LogP contribution in [-0.2, 0) is 7.05 Å². The first-order chi connectivity index (χ1) is 11.6. The van der Waals surface area contributed by atoms with E-state index in [9.17, 15) is 4.79 Å². The lowest BCUT2D eigenvalue weighted by molar-refractivity contribution is 0.0954. The number of amides is 1. The Kier molecular flexibility index (Phi) is 5.26. The van der Waals surface area contributed by atoms with E-state index in [1.165, 1.54) is 4.90 Å². The van der Waals surface area contributed by atoms with E-state index in [0.29, 0.717) is 5.69 Å². The third-order valence-electron chi connectivity index (χ3n) is 4.64. The number of hydrogen-bond acceptors (Lipinski definition) is 4. The summed E-state index contributed by atoms with van der Waals surface area (Å²) in [5.74, 6) is 0.0304. The monoisotopic (exact) mass is 344 g/mol. The van der Waals surface area contributed by atoms with Crippen molar-refractivity contribution in [3.63, 3.8) is 0 Å². The Morgan fingerprint density at radius 2 is 2.00 bits per heavy atom. The number of likely N-dealkylation sites (tertiary alicyclic amines) is 1. The molecule has 1 amide bonds. The van der Waals surface area contributed by atoms with Gasteiger partial charge in [-0.25, -0.2) is 0 Å². The van der Waals surface area contributed by atoms with Gasteiger partial charge in [0.05, 0.1) is 0 Å². The van der Waals surface area contributed by atoms with E-state index in [1.807, 2.05) is 24.1 Å². The van der Waals surface area contributed by atoms with Crippen LogP contribution in [0.5, 0.6) is 0 Å². The van der Waals surface area contributed by atoms with Crippen molar-refractivity contribution in [1.29, 1.82) is 0 Å². The summed E-state index contributed by atoms with van der Waals surface area (Å²) >= 11 is 1.70. The van der Waals surface area contributed by atoms with Gasteiger partial charge < -0.3 is 9.80 Å². The molecule has 5 nitrogen and oxygen atoms in total. The lowest BCUT2D eigenvalue weighted by atomic mass is 10.0. The van der Waals surface area contributed by atoms with Crippen LogP contribution in [0, 0.1) is 0 Å². The van der Waals surface area contributed by atoms with Crippen LogP contribution in [0.3, 0.4) is 0 Å². The first-order valence-corrected chi connectivity index (χ1v) is 9.47. The molecule has 2 heterocycles. The molecule has 0 bridgehead atoms. The van der Waals surface area contributed by atoms with E-state index >= 15 is 0 Å². The molecule has 1 aliphatic rings. The largest absolute Gasteiger partial charge is 0.306 e. The van der Waals surface area contributed by atoms with Crippen molar-refractivity contribution in [2.24, 2.45) is 7.05 Å². The van der Waals surface area contributed by atoms with Gasteiger partial charge in [0.2, 0.25) is 0 Å². The zero-order valence-corrected chi connectivity index (χ0v) is 15.3. The zero-order chi connectivity index (χ0) is 17.1. The third-order valence-corrected chi connectivity index (χ3v) is 5.37. The molecule has 24 heavy (non-hydrogen) atoms. The topological polar surface area (TPSA) is 41.4 Å². The molecule has 6 heteroatoms. The quantitative estimate of drug-likeness (QED) is 0.800. The van der Waals surface area contributed by atoms with Gasteiger partial charge in [0.15, 0.2) is 0 Å². The van der Waals surface area contributed by atoms with Crippen LogP contribution in [0.4, 0.5) is 5.69 Å². The Morgan fingerprint density at radius 1 is 1.25 bits per heavy atom. The zero-order valence-electron chi connectivity index (χ0n) is 14.5. The van der Waals surface area contributed by atoms with Crippen LogP contribution in [-0.4, -0.2) is 53.0 Å². The maximum absolute atomic E-state index is 13.3. The molecular formula is C18H24N4OS. The molecule has 0 radical (unpaired) electrons. The lowest BCUT2D eigenvalue weighted by Gasteiger charge is -2.37. The number of rotatable bonds is 4. The summed E-state index contributed by atoms with van der Waals surface area (Å²) in [7, 11) is 3.95. The fourth-order valence-electron chi connectivity index (χ4n) is 3.21. The van der Waals surface area contributed by atoms with Gasteiger partial charge in [-0.2, -0.15) is 5.10 Å². The Balaban J connectivity index is 1.97. The van der Waals surface area contributed by atoms with E-state index in [2.05, 4.69) is 35.4 Å². The second kappa shape index (κ2) is 7.40. The molecule has 1 aromatic heterocycles. The van der Waals surface area contributed by atoms with Crippen molar-refractivity contribution in [2.45, 2.75) is 23.8 Å². The second-order valence-electron chi connectivity index (χ2n) is 6.25. The highest BCUT2D eigenvalue weighted by Crippen LogP contribution is 2.28. The second-order valence-corrected chi connectivity index (χ2v) is 7.13. The number of thioether (sulfide) groups is 1. The molecular weight excluding hydrogens is 320 g/mol. The molecule has 1 aromatic carbocycles. The number of piperidine rings is 1. The molecule has 3 rings (SSSR count). The molecule has 0 saturated carbocycles. The molecule has 0 spiro atoms. The Morgan fingerprint density at radius 3 is 2.62 bits per heavy atom. The van der Waals surface area contributed by atoms with Crippen LogP contribution in [0.1, 0.15) is 23.3 Å². The highest BCUT2D eigenvalue weighted by atomic mass is 32.2. The SMILES string of the molecule is CSc1cccc(N(C(=O)c2ccnn2C)C2CCN(C)CC2)c1. The molecule has 128 valence electrons. The summed E-state index contributed by atoms with van der Waals surface area (Å²) in [4.78, 5) is 18.7. The van der Waals surface area contributed by atoms with E-state index in [-0.39, 0.29) is 11.9 Å². The lowest BCUT2D eigenvalue weighted by Crippen LogP contribution is -2.47. The third kappa shape index (κ3) is 3.49. The number of carbonyl (C=O) groups is 1. The number of carbonyl (C=O) groups excluding carboxylic acids is 1. The number of aromatic nitrogens is 2. The number of hydrogen-bond donors (Lipinski definition) is 0. The molecule has 2 aromatic rings. The summed E-state index contributed by atoms with van der Waals surface area (Å²) in [6, 6.07) is 10.3. The summed E-state index contributed by atoms with van der Waals surface area (Å²) in [5, 5.41) is 4.16. The molecule has 0 N–H and O–H groups in total. The van der Waals surface area contributed by atoms with Crippen LogP contribution in [0.25, 0.3) is 0 Å². The first-order valence-electron chi connectivity index (χ1n) is 8.24. The van der Waals surface area contributed by atoms with Gasteiger partial charge in [-0.1, -0.05) is 6.07 Å². The predicted molar refractivity (Wildman–Crippen MR) is 98.8 cm³/mol. The van der Waals surface area contributed by atoms with Gasteiger partial charge in [-0.15, -0.1) is 11.8 Å². The van der Waals surface area contributed by atoms with Crippen molar-refractivity contribution in [1.82, 2.24) is 14.7 Å². The van der Waals surface area contributed by atoms with Gasteiger partial charge >= 0.3 is 0 Å². The van der Waals surface area contributed by atoms with Crippen LogP contribution in [0.2, 0.25) is 0 Å². The van der Waals surface area contributed by atoms with E-state index in [1.54, 1.807) is 28.7 Å². The molecule has 0 aliphatic carbocycles. The minimum atomic E-state index is 0.0304. The normalized spacial score (nSPS) is 16.3. The minimum Gasteiger partial charge on any atom is -0.306 e. The summed E-state index contributed by atoms with van der Waals surface area (Å²) < 4.78 is 1.66. The summed E-state index contributed by atoms with van der Waals surface area (Å²) in [6.45, 7) is 2.03. The van der Waals surface area contributed by atoms with Crippen LogP contribution in [0.15, 0.2) is 41.4 Å². The number of benzene rings is 1. The smallest absolute Gasteiger partial charge is 0.276 e. The van der Waals surface area contributed by atoms with E-state index < -0.39 is 0 Å². The van der Waals surface area contributed by atoms with Gasteiger partial charge in [-0.05, 0) is 63.5 Å². The average molecular weight is 344 g/mol. The number of aryl methyl sites for hydroxylation is 1. The van der Waals surface area contributed by atoms with Gasteiger partial charge in [0.25, 0.3) is 5.91 Å². The van der Waals surface area contributed by atoms with Crippen molar-refractivity contribution in [2.75, 3.05) is 31.3 Å². The molecule has 0 atom stereocenters. The van der Waals surface area contributed by atoms with Crippen molar-refractivity contribution < 1.29 is 4.79 Å². The van der Waals surface area contributed by atoms with Crippen molar-refractivity contribution in [3.05, 3.63) is 42.2 Å². The molecule has 1 fully saturated rings. The van der Waals surface area contributed by atoms with E-state index in [0.717, 1.165) is 31.6 Å². The Bertz CT molecular complexity index is 707. The fourth-order valence-corrected chi connectivity index (χ4v) is 3.67. The summed E-state index contributed by atoms with van der Waals surface area (Å²) in [6.07, 6.45) is 5.72. The first kappa shape index (κ1) is 17.0. The Hall–Kier alpha value is -1.79. The molecule has 1 aliphatic heterocycles. The molecule has 0 unspecified atom stereocenters. The molecule has 1 saturated heterocycles. The van der Waals surface area contributed by atoms with Gasteiger partial charge in [0.1, 0.15) is 5.69 Å². The highest BCUT2D eigenvalue weighted by Gasteiger charge is 2.30. The predicted octanol–water partition coefficient (Wildman–Crippen LogP) is 2.88.